The van der Waals surface area contributed by atoms with Gasteiger partial charge < -0.3 is 0 Å². The van der Waals surface area contributed by atoms with Gasteiger partial charge in [0.05, 0.1) is 16.9 Å². The van der Waals surface area contributed by atoms with Crippen LogP contribution in [0.25, 0.3) is 0 Å². The van der Waals surface area contributed by atoms with Gasteiger partial charge in [-0.15, -0.1) is 0 Å². The van der Waals surface area contributed by atoms with Crippen LogP contribution in [0, 0.1) is 29.6 Å². The fourth-order valence-corrected chi connectivity index (χ4v) is 5.07. The molecule has 2 fully saturated rings. The van der Waals surface area contributed by atoms with Crippen molar-refractivity contribution in [2.24, 2.45) is 22.7 Å². The number of carbonyl (C=O) groups excluding carboxylic acids is 1. The van der Waals surface area contributed by atoms with Gasteiger partial charge in [0.2, 0.25) is 0 Å². The fourth-order valence-electron chi connectivity index (χ4n) is 4.07. The first-order chi connectivity index (χ1) is 10.6. The zero-order valence-electron chi connectivity index (χ0n) is 14.1. The quantitative estimate of drug-likeness (QED) is 0.774. The van der Waals surface area contributed by atoms with Gasteiger partial charge in [-0.3, -0.25) is 8.98 Å². The van der Waals surface area contributed by atoms with Crippen molar-refractivity contribution in [3.8, 4) is 0 Å². The van der Waals surface area contributed by atoms with Gasteiger partial charge in [0.25, 0.3) is 10.1 Å². The minimum Gasteiger partial charge on any atom is -0.299 e. The summed E-state index contributed by atoms with van der Waals surface area (Å²) in [6.07, 6.45) is 1.56. The molecule has 3 rings (SSSR count). The number of Topliss-reactive ketones (excluding diaryl/α,β-unsaturated/α-hetero) is 1. The van der Waals surface area contributed by atoms with Crippen LogP contribution in [-0.2, 0) is 19.1 Å². The SMILES string of the molecule is Cc1ccc(S(=O)(=O)OC[C@]2(C)C(=O)C[C@]3(C(C)C)C[C@@H]32)cc1. The molecule has 0 aliphatic heterocycles. The Bertz CT molecular complexity index is 735. The first-order valence-electron chi connectivity index (χ1n) is 8.11. The number of hydrogen-bond acceptors (Lipinski definition) is 4. The van der Waals surface area contributed by atoms with Gasteiger partial charge in [-0.2, -0.15) is 8.42 Å². The van der Waals surface area contributed by atoms with E-state index in [4.69, 9.17) is 4.18 Å². The molecule has 1 aromatic rings. The minimum atomic E-state index is -3.82. The molecule has 1 aromatic carbocycles. The first-order valence-corrected chi connectivity index (χ1v) is 9.52. The molecule has 3 atom stereocenters. The number of aryl methyl sites for hydroxylation is 1. The third-order valence-electron chi connectivity index (χ3n) is 5.99. The Kier molecular flexibility index (Phi) is 3.73. The molecule has 2 aliphatic carbocycles. The molecular formula is C18H24O4S. The number of carbonyl (C=O) groups is 1. The van der Waals surface area contributed by atoms with Crippen LogP contribution in [0.3, 0.4) is 0 Å². The lowest BCUT2D eigenvalue weighted by atomic mass is 9.84. The van der Waals surface area contributed by atoms with E-state index >= 15 is 0 Å². The van der Waals surface area contributed by atoms with E-state index in [1.54, 1.807) is 24.3 Å². The van der Waals surface area contributed by atoms with Crippen LogP contribution in [0.1, 0.15) is 39.2 Å². The largest absolute Gasteiger partial charge is 0.299 e. The fraction of sp³-hybridized carbons (Fsp3) is 0.611. The molecule has 0 radical (unpaired) electrons. The highest BCUT2D eigenvalue weighted by Crippen LogP contribution is 2.72. The van der Waals surface area contributed by atoms with Gasteiger partial charge in [-0.25, -0.2) is 0 Å². The number of rotatable bonds is 5. The molecule has 2 aliphatic rings. The third kappa shape index (κ3) is 2.54. The van der Waals surface area contributed by atoms with E-state index in [2.05, 4.69) is 13.8 Å². The molecule has 2 saturated carbocycles. The highest BCUT2D eigenvalue weighted by atomic mass is 32.2. The van der Waals surface area contributed by atoms with Crippen LogP contribution >= 0.6 is 0 Å². The van der Waals surface area contributed by atoms with Crippen LogP contribution in [0.2, 0.25) is 0 Å². The van der Waals surface area contributed by atoms with E-state index in [-0.39, 0.29) is 28.6 Å². The predicted octanol–water partition coefficient (Wildman–Crippen LogP) is 3.34. The molecular weight excluding hydrogens is 312 g/mol. The zero-order chi connectivity index (χ0) is 17.0. The van der Waals surface area contributed by atoms with Crippen molar-refractivity contribution >= 4 is 15.9 Å². The zero-order valence-corrected chi connectivity index (χ0v) is 14.9. The smallest absolute Gasteiger partial charge is 0.297 e. The van der Waals surface area contributed by atoms with Crippen molar-refractivity contribution in [2.45, 2.75) is 45.4 Å². The maximum atomic E-state index is 12.5. The minimum absolute atomic E-state index is 0.0544. The van der Waals surface area contributed by atoms with E-state index in [0.29, 0.717) is 12.3 Å². The van der Waals surface area contributed by atoms with Crippen molar-refractivity contribution < 1.29 is 17.4 Å². The van der Waals surface area contributed by atoms with Gasteiger partial charge in [-0.05, 0) is 42.7 Å². The summed E-state index contributed by atoms with van der Waals surface area (Å²) in [5, 5.41) is 0. The molecule has 5 heteroatoms. The molecule has 0 saturated heterocycles. The summed E-state index contributed by atoms with van der Waals surface area (Å²) < 4.78 is 30.0. The summed E-state index contributed by atoms with van der Waals surface area (Å²) in [4.78, 5) is 12.6. The van der Waals surface area contributed by atoms with Crippen molar-refractivity contribution in [1.82, 2.24) is 0 Å². The summed E-state index contributed by atoms with van der Waals surface area (Å²) in [5.74, 6) is 0.823. The van der Waals surface area contributed by atoms with Gasteiger partial charge >= 0.3 is 0 Å². The van der Waals surface area contributed by atoms with Crippen LogP contribution < -0.4 is 0 Å². The Morgan fingerprint density at radius 3 is 2.39 bits per heavy atom. The third-order valence-corrected chi connectivity index (χ3v) is 7.26. The average molecular weight is 336 g/mol. The lowest BCUT2D eigenvalue weighted by molar-refractivity contribution is -0.128. The standard InChI is InChI=1S/C18H24O4S/c1-12(2)18-9-15(18)17(4,16(19)10-18)11-22-23(20,21)14-7-5-13(3)6-8-14/h5-8,12,15H,9-11H2,1-4H3/t15-,17+,18+/m1/s1. The molecule has 0 N–H and O–H groups in total. The second kappa shape index (κ2) is 5.15. The Morgan fingerprint density at radius 2 is 1.87 bits per heavy atom. The topological polar surface area (TPSA) is 60.4 Å². The first kappa shape index (κ1) is 16.7. The summed E-state index contributed by atoms with van der Waals surface area (Å²) in [6, 6.07) is 6.56. The van der Waals surface area contributed by atoms with Crippen LogP contribution in [0.4, 0.5) is 0 Å². The predicted molar refractivity (Wildman–Crippen MR) is 87.4 cm³/mol. The molecule has 0 unspecified atom stereocenters. The van der Waals surface area contributed by atoms with Crippen molar-refractivity contribution in [2.75, 3.05) is 6.61 Å². The molecule has 23 heavy (non-hydrogen) atoms. The Labute approximate surface area is 138 Å². The Balaban J connectivity index is 1.76. The van der Waals surface area contributed by atoms with Gasteiger partial charge in [0.1, 0.15) is 5.78 Å². The number of benzene rings is 1. The lowest BCUT2D eigenvalue weighted by Crippen LogP contribution is -2.32. The van der Waals surface area contributed by atoms with E-state index < -0.39 is 15.5 Å². The molecule has 0 heterocycles. The Hall–Kier alpha value is -1.20. The van der Waals surface area contributed by atoms with Crippen LogP contribution in [0.5, 0.6) is 0 Å². The second-order valence-electron chi connectivity index (χ2n) is 7.69. The summed E-state index contributed by atoms with van der Waals surface area (Å²) >= 11 is 0. The number of hydrogen-bond donors (Lipinski definition) is 0. The highest BCUT2D eigenvalue weighted by molar-refractivity contribution is 7.86. The van der Waals surface area contributed by atoms with Crippen molar-refractivity contribution in [1.29, 1.82) is 0 Å². The number of fused-ring (bicyclic) bond motifs is 1. The van der Waals surface area contributed by atoms with Gasteiger partial charge in [0, 0.05) is 6.42 Å². The normalized spacial score (nSPS) is 33.1. The summed E-state index contributed by atoms with van der Waals surface area (Å²) in [5.41, 5.74) is 0.381. The van der Waals surface area contributed by atoms with Gasteiger partial charge in [-0.1, -0.05) is 38.5 Å². The monoisotopic (exact) mass is 336 g/mol. The molecule has 0 bridgehead atoms. The summed E-state index contributed by atoms with van der Waals surface area (Å²) in [6.45, 7) is 7.99. The lowest BCUT2D eigenvalue weighted by Gasteiger charge is -2.23. The molecule has 0 spiro atoms. The van der Waals surface area contributed by atoms with E-state index in [9.17, 15) is 13.2 Å². The van der Waals surface area contributed by atoms with Crippen molar-refractivity contribution in [3.63, 3.8) is 0 Å². The molecule has 126 valence electrons. The second-order valence-corrected chi connectivity index (χ2v) is 9.31. The maximum Gasteiger partial charge on any atom is 0.297 e. The van der Waals surface area contributed by atoms with Crippen LogP contribution in [-0.4, -0.2) is 20.8 Å². The van der Waals surface area contributed by atoms with E-state index in [1.807, 2.05) is 13.8 Å². The van der Waals surface area contributed by atoms with Crippen molar-refractivity contribution in [3.05, 3.63) is 29.8 Å². The summed E-state index contributed by atoms with van der Waals surface area (Å²) in [7, 11) is -3.82. The van der Waals surface area contributed by atoms with Gasteiger partial charge in [0.15, 0.2) is 0 Å². The van der Waals surface area contributed by atoms with E-state index in [1.165, 1.54) is 0 Å². The number of ketones is 1. The molecule has 0 amide bonds. The Morgan fingerprint density at radius 1 is 1.26 bits per heavy atom. The highest BCUT2D eigenvalue weighted by Gasteiger charge is 2.71. The maximum absolute atomic E-state index is 12.5. The van der Waals surface area contributed by atoms with E-state index in [0.717, 1.165) is 12.0 Å². The molecule has 4 nitrogen and oxygen atoms in total. The van der Waals surface area contributed by atoms with Crippen LogP contribution in [0.15, 0.2) is 29.2 Å². The molecule has 0 aromatic heterocycles. The average Bonchev–Trinajstić information content (AvgIpc) is 3.17.